The van der Waals surface area contributed by atoms with E-state index in [2.05, 4.69) is 31.9 Å². The van der Waals surface area contributed by atoms with Crippen molar-refractivity contribution in [2.45, 2.75) is 6.54 Å². The van der Waals surface area contributed by atoms with Gasteiger partial charge in [-0.15, -0.1) is 0 Å². The molecular formula is C17H10Br2N2O5S. The Labute approximate surface area is 174 Å². The number of benzene rings is 2. The lowest BCUT2D eigenvalue weighted by Gasteiger charge is -2.12. The summed E-state index contributed by atoms with van der Waals surface area (Å²) in [6, 6.07) is 9.19. The molecule has 0 atom stereocenters. The van der Waals surface area contributed by atoms with Gasteiger partial charge in [0.15, 0.2) is 0 Å². The first-order chi connectivity index (χ1) is 12.8. The molecule has 10 heteroatoms. The second-order valence-corrected chi connectivity index (χ2v) is 8.19. The van der Waals surface area contributed by atoms with Crippen LogP contribution < -0.4 is 0 Å². The number of imide groups is 1. The van der Waals surface area contributed by atoms with Gasteiger partial charge in [-0.05, 0) is 67.4 Å². The minimum Gasteiger partial charge on any atom is -0.506 e. The average Bonchev–Trinajstić information content (AvgIpc) is 2.87. The van der Waals surface area contributed by atoms with E-state index in [9.17, 15) is 24.8 Å². The summed E-state index contributed by atoms with van der Waals surface area (Å²) in [4.78, 5) is 36.6. The number of thioether (sulfide) groups is 1. The van der Waals surface area contributed by atoms with Crippen molar-refractivity contribution in [3.63, 3.8) is 0 Å². The van der Waals surface area contributed by atoms with Gasteiger partial charge in [0.05, 0.1) is 25.3 Å². The standard InChI is InChI=1S/C17H10Br2N2O5S/c18-11-5-9(6-12(19)15(11)22)7-14-16(23)20(17(24)27-14)8-10-3-1-2-4-13(10)21(25)26/h1-7,22H,8H2/b14-7-. The molecule has 2 aromatic carbocycles. The van der Waals surface area contributed by atoms with Crippen molar-refractivity contribution in [3.05, 3.63) is 71.5 Å². The van der Waals surface area contributed by atoms with Crippen molar-refractivity contribution in [2.24, 2.45) is 0 Å². The van der Waals surface area contributed by atoms with Gasteiger partial charge in [-0.3, -0.25) is 24.6 Å². The highest BCUT2D eigenvalue weighted by molar-refractivity contribution is 9.11. The van der Waals surface area contributed by atoms with Crippen molar-refractivity contribution >= 4 is 66.5 Å². The van der Waals surface area contributed by atoms with Crippen LogP contribution in [0.3, 0.4) is 0 Å². The number of hydrogen-bond acceptors (Lipinski definition) is 6. The minimum absolute atomic E-state index is 0.0247. The molecule has 0 saturated carbocycles. The summed E-state index contributed by atoms with van der Waals surface area (Å²) in [5.41, 5.74) is 0.732. The predicted molar refractivity (Wildman–Crippen MR) is 108 cm³/mol. The highest BCUT2D eigenvalue weighted by Crippen LogP contribution is 2.37. The molecular weight excluding hydrogens is 504 g/mol. The third-order valence-electron chi connectivity index (χ3n) is 3.73. The van der Waals surface area contributed by atoms with Crippen LogP contribution in [0.5, 0.6) is 5.75 Å². The number of carbonyl (C=O) groups is 2. The molecule has 1 fully saturated rings. The Bertz CT molecular complexity index is 986. The van der Waals surface area contributed by atoms with E-state index in [1.807, 2.05) is 0 Å². The van der Waals surface area contributed by atoms with E-state index in [0.29, 0.717) is 14.5 Å². The first-order valence-electron chi connectivity index (χ1n) is 7.43. The fraction of sp³-hybridized carbons (Fsp3) is 0.0588. The van der Waals surface area contributed by atoms with E-state index in [1.54, 1.807) is 18.2 Å². The molecule has 0 spiro atoms. The van der Waals surface area contributed by atoms with Gasteiger partial charge < -0.3 is 5.11 Å². The SMILES string of the molecule is O=C1S/C(=C\c2cc(Br)c(O)c(Br)c2)C(=O)N1Cc1ccccc1[N+](=O)[O-]. The predicted octanol–water partition coefficient (Wildman–Crippen LogP) is 5.06. The highest BCUT2D eigenvalue weighted by atomic mass is 79.9. The first-order valence-corrected chi connectivity index (χ1v) is 9.84. The third-order valence-corrected chi connectivity index (χ3v) is 5.84. The van der Waals surface area contributed by atoms with Gasteiger partial charge in [0.2, 0.25) is 0 Å². The Kier molecular flexibility index (Phi) is 5.68. The van der Waals surface area contributed by atoms with E-state index in [1.165, 1.54) is 24.3 Å². The van der Waals surface area contributed by atoms with Crippen molar-refractivity contribution in [2.75, 3.05) is 0 Å². The summed E-state index contributed by atoms with van der Waals surface area (Å²) >= 11 is 7.18. The topological polar surface area (TPSA) is 101 Å². The van der Waals surface area contributed by atoms with Crippen LogP contribution in [-0.2, 0) is 11.3 Å². The summed E-state index contributed by atoms with van der Waals surface area (Å²) in [5, 5.41) is 20.4. The number of halogens is 2. The zero-order valence-electron chi connectivity index (χ0n) is 13.4. The Morgan fingerprint density at radius 2 is 1.81 bits per heavy atom. The molecule has 1 saturated heterocycles. The van der Waals surface area contributed by atoms with E-state index < -0.39 is 16.1 Å². The Morgan fingerprint density at radius 3 is 2.44 bits per heavy atom. The maximum atomic E-state index is 12.6. The summed E-state index contributed by atoms with van der Waals surface area (Å²) in [6.45, 7) is -0.178. The maximum Gasteiger partial charge on any atom is 0.293 e. The quantitative estimate of drug-likeness (QED) is 0.348. The number of phenolic OH excluding ortho intramolecular Hbond substituents is 1. The van der Waals surface area contributed by atoms with Crippen molar-refractivity contribution in [1.29, 1.82) is 0 Å². The van der Waals surface area contributed by atoms with E-state index in [-0.39, 0.29) is 28.5 Å². The van der Waals surface area contributed by atoms with E-state index in [4.69, 9.17) is 0 Å². The van der Waals surface area contributed by atoms with E-state index >= 15 is 0 Å². The van der Waals surface area contributed by atoms with Gasteiger partial charge >= 0.3 is 0 Å². The van der Waals surface area contributed by atoms with Gasteiger partial charge in [-0.25, -0.2) is 0 Å². The molecule has 0 bridgehead atoms. The number of nitro groups is 1. The largest absolute Gasteiger partial charge is 0.506 e. The molecule has 1 aliphatic rings. The molecule has 0 unspecified atom stereocenters. The maximum absolute atomic E-state index is 12.6. The lowest BCUT2D eigenvalue weighted by atomic mass is 10.1. The molecule has 0 aliphatic carbocycles. The van der Waals surface area contributed by atoms with Crippen molar-refractivity contribution in [1.82, 2.24) is 4.90 Å². The van der Waals surface area contributed by atoms with Crippen LogP contribution in [0.2, 0.25) is 0 Å². The van der Waals surface area contributed by atoms with Crippen molar-refractivity contribution in [3.8, 4) is 5.75 Å². The Balaban J connectivity index is 1.89. The number of amides is 2. The van der Waals surface area contributed by atoms with Crippen LogP contribution in [0, 0.1) is 10.1 Å². The smallest absolute Gasteiger partial charge is 0.293 e. The van der Waals surface area contributed by atoms with Crippen molar-refractivity contribution < 1.29 is 19.6 Å². The van der Waals surface area contributed by atoms with Crippen LogP contribution in [0.4, 0.5) is 10.5 Å². The fourth-order valence-corrected chi connectivity index (χ4v) is 4.51. The molecule has 3 rings (SSSR count). The third kappa shape index (κ3) is 4.07. The summed E-state index contributed by atoms with van der Waals surface area (Å²) < 4.78 is 0.865. The number of nitrogens with zero attached hydrogens (tertiary/aromatic N) is 2. The number of nitro benzene ring substituents is 1. The molecule has 1 heterocycles. The van der Waals surface area contributed by atoms with Gasteiger partial charge in [-0.2, -0.15) is 0 Å². The fourth-order valence-electron chi connectivity index (χ4n) is 2.45. The number of phenols is 1. The van der Waals surface area contributed by atoms with Gasteiger partial charge in [-0.1, -0.05) is 18.2 Å². The summed E-state index contributed by atoms with van der Waals surface area (Å²) in [7, 11) is 0. The molecule has 2 aromatic rings. The first kappa shape index (κ1) is 19.6. The Morgan fingerprint density at radius 1 is 1.19 bits per heavy atom. The highest BCUT2D eigenvalue weighted by Gasteiger charge is 2.36. The molecule has 0 radical (unpaired) electrons. The number of rotatable bonds is 4. The number of hydrogen-bond donors (Lipinski definition) is 1. The van der Waals surface area contributed by atoms with Crippen LogP contribution >= 0.6 is 43.6 Å². The monoisotopic (exact) mass is 512 g/mol. The van der Waals surface area contributed by atoms with Gasteiger partial charge in [0.25, 0.3) is 16.8 Å². The molecule has 1 N–H and O–H groups in total. The average molecular weight is 514 g/mol. The number of aromatic hydroxyl groups is 1. The second kappa shape index (κ2) is 7.83. The molecule has 27 heavy (non-hydrogen) atoms. The summed E-state index contributed by atoms with van der Waals surface area (Å²) in [6.07, 6.45) is 1.53. The summed E-state index contributed by atoms with van der Waals surface area (Å²) in [5.74, 6) is -0.500. The van der Waals surface area contributed by atoms with Gasteiger partial charge in [0, 0.05) is 11.6 Å². The zero-order chi connectivity index (χ0) is 19.7. The second-order valence-electron chi connectivity index (χ2n) is 5.49. The van der Waals surface area contributed by atoms with Crippen LogP contribution in [0.15, 0.2) is 50.2 Å². The van der Waals surface area contributed by atoms with Gasteiger partial charge in [0.1, 0.15) is 5.75 Å². The Hall–Kier alpha value is -2.17. The molecule has 2 amide bonds. The van der Waals surface area contributed by atoms with E-state index in [0.717, 1.165) is 16.7 Å². The lowest BCUT2D eigenvalue weighted by molar-refractivity contribution is -0.385. The van der Waals surface area contributed by atoms with Crippen LogP contribution in [0.25, 0.3) is 6.08 Å². The number of carbonyl (C=O) groups excluding carboxylic acids is 2. The molecule has 1 aliphatic heterocycles. The number of para-hydroxylation sites is 1. The lowest BCUT2D eigenvalue weighted by Crippen LogP contribution is -2.27. The molecule has 0 aromatic heterocycles. The molecule has 138 valence electrons. The zero-order valence-corrected chi connectivity index (χ0v) is 17.4. The minimum atomic E-state index is -0.546. The molecule has 7 nitrogen and oxygen atoms in total. The normalized spacial score (nSPS) is 15.6. The van der Waals surface area contributed by atoms with Crippen LogP contribution in [-0.4, -0.2) is 26.1 Å². The van der Waals surface area contributed by atoms with Crippen LogP contribution in [0.1, 0.15) is 11.1 Å².